The molecule has 1 aliphatic heterocycles. The highest BCUT2D eigenvalue weighted by molar-refractivity contribution is 8.03. The van der Waals surface area contributed by atoms with E-state index in [9.17, 15) is 8.42 Å². The van der Waals surface area contributed by atoms with Gasteiger partial charge in [-0.3, -0.25) is 4.55 Å². The molecule has 4 aromatic rings. The molecule has 250 valence electrons. The quantitative estimate of drug-likeness (QED) is 0.0744. The molecule has 7 nitrogen and oxygen atoms in total. The van der Waals surface area contributed by atoms with E-state index in [0.717, 1.165) is 30.2 Å². The first-order valence-corrected chi connectivity index (χ1v) is 20.4. The lowest BCUT2D eigenvalue weighted by atomic mass is 10.2. The molecule has 0 radical (unpaired) electrons. The molecule has 0 saturated carbocycles. The van der Waals surface area contributed by atoms with Gasteiger partial charge in [0.25, 0.3) is 15.1 Å². The number of methoxy groups -OCH3 is 2. The summed E-state index contributed by atoms with van der Waals surface area (Å²) in [5, 5.41) is 2.48. The molecule has 0 unspecified atom stereocenters. The van der Waals surface area contributed by atoms with Crippen molar-refractivity contribution in [3.63, 3.8) is 0 Å². The molecule has 1 N–H and O–H groups in total. The molecule has 47 heavy (non-hydrogen) atoms. The Bertz CT molecular complexity index is 1930. The van der Waals surface area contributed by atoms with Gasteiger partial charge in [0, 0.05) is 23.6 Å². The van der Waals surface area contributed by atoms with Gasteiger partial charge in [-0.05, 0) is 70.5 Å². The van der Waals surface area contributed by atoms with Crippen LogP contribution in [-0.2, 0) is 16.7 Å². The molecule has 0 amide bonds. The standard InChI is InChI=1S/C28H33N2O2S4.C7H8O3S/c1-8-29-19-14-21(31-4)25(33-6)16-23(19)35-27(29)12-10-18(3)11-13-28-30(9-2)20-15-22(32-5)26(34-7)17-24(20)36-28;1-6-2-4-7(5-3-6)11(8,9)10/h10-17H,8-9H2,1-7H3;2-5H,1H3,(H,8,9,10)/q+1;. The van der Waals surface area contributed by atoms with Crippen molar-refractivity contribution in [2.45, 2.75) is 53.8 Å². The Hall–Kier alpha value is -2.87. The summed E-state index contributed by atoms with van der Waals surface area (Å²) < 4.78 is 44.4. The van der Waals surface area contributed by atoms with Crippen LogP contribution in [0.3, 0.4) is 0 Å². The van der Waals surface area contributed by atoms with E-state index in [0.29, 0.717) is 0 Å². The third kappa shape index (κ3) is 8.79. The van der Waals surface area contributed by atoms with E-state index in [1.807, 2.05) is 30.0 Å². The molecule has 0 spiro atoms. The Morgan fingerprint density at radius 3 is 2.21 bits per heavy atom. The second kappa shape index (κ2) is 16.5. The summed E-state index contributed by atoms with van der Waals surface area (Å²) in [4.78, 5) is 5.91. The van der Waals surface area contributed by atoms with Gasteiger partial charge < -0.3 is 14.4 Å². The fourth-order valence-electron chi connectivity index (χ4n) is 4.93. The third-order valence-corrected chi connectivity index (χ3v) is 12.0. The van der Waals surface area contributed by atoms with Crippen LogP contribution in [0.2, 0.25) is 0 Å². The zero-order chi connectivity index (χ0) is 34.3. The van der Waals surface area contributed by atoms with Crippen molar-refractivity contribution in [1.29, 1.82) is 0 Å². The Kier molecular flexibility index (Phi) is 13.0. The van der Waals surface area contributed by atoms with Crippen LogP contribution in [0, 0.1) is 6.92 Å². The molecular formula is C35H41N2O5S5+. The van der Waals surface area contributed by atoms with Gasteiger partial charge in [0.15, 0.2) is 0 Å². The Balaban J connectivity index is 0.000000385. The third-order valence-electron chi connectivity index (χ3n) is 7.40. The van der Waals surface area contributed by atoms with Crippen molar-refractivity contribution in [2.24, 2.45) is 0 Å². The SMILES string of the molecule is CCN1\C(=C/C=C(C)/C=C/c2sc3cc(SC)c(OC)cc3[n+]2CC)Sc2cc(SC)c(OC)cc21.Cc1ccc(S(=O)(=O)O)cc1. The minimum Gasteiger partial charge on any atom is -0.496 e. The number of hydrogen-bond donors (Lipinski definition) is 1. The smallest absolute Gasteiger partial charge is 0.294 e. The molecule has 0 atom stereocenters. The number of thiazole rings is 1. The van der Waals surface area contributed by atoms with Crippen molar-refractivity contribution >= 4 is 78.7 Å². The van der Waals surface area contributed by atoms with E-state index in [1.165, 1.54) is 58.3 Å². The van der Waals surface area contributed by atoms with Crippen molar-refractivity contribution in [1.82, 2.24) is 0 Å². The number of hydrogen-bond acceptors (Lipinski definition) is 9. The minimum absolute atomic E-state index is 0.0666. The Labute approximate surface area is 295 Å². The highest BCUT2D eigenvalue weighted by atomic mass is 32.2. The van der Waals surface area contributed by atoms with Crippen LogP contribution < -0.4 is 18.9 Å². The number of nitrogens with zero attached hydrogens (tertiary/aromatic N) is 2. The van der Waals surface area contributed by atoms with Gasteiger partial charge in [0.2, 0.25) is 5.52 Å². The zero-order valence-corrected chi connectivity index (χ0v) is 31.9. The molecule has 0 bridgehead atoms. The number of benzene rings is 3. The lowest BCUT2D eigenvalue weighted by Crippen LogP contribution is -2.33. The largest absolute Gasteiger partial charge is 0.496 e. The van der Waals surface area contributed by atoms with Gasteiger partial charge >= 0.3 is 0 Å². The van der Waals surface area contributed by atoms with Crippen LogP contribution in [0.25, 0.3) is 16.3 Å². The molecule has 1 aromatic heterocycles. The number of aryl methyl sites for hydroxylation is 2. The molecule has 5 rings (SSSR count). The van der Waals surface area contributed by atoms with E-state index >= 15 is 0 Å². The molecule has 1 aliphatic rings. The van der Waals surface area contributed by atoms with E-state index in [1.54, 1.807) is 49.9 Å². The number of aromatic nitrogens is 1. The maximum atomic E-state index is 10.5. The molecule has 12 heteroatoms. The second-order valence-corrected chi connectivity index (χ2v) is 15.7. The summed E-state index contributed by atoms with van der Waals surface area (Å²) in [6, 6.07) is 14.8. The predicted molar refractivity (Wildman–Crippen MR) is 202 cm³/mol. The highest BCUT2D eigenvalue weighted by Gasteiger charge is 2.26. The molecule has 0 aliphatic carbocycles. The predicted octanol–water partition coefficient (Wildman–Crippen LogP) is 9.34. The number of fused-ring (bicyclic) bond motifs is 2. The number of ether oxygens (including phenoxy) is 2. The summed E-state index contributed by atoms with van der Waals surface area (Å²) in [6.07, 6.45) is 13.1. The van der Waals surface area contributed by atoms with Crippen LogP contribution in [0.15, 0.2) is 96.9 Å². The van der Waals surface area contributed by atoms with Gasteiger partial charge in [0.05, 0.1) is 45.7 Å². The number of rotatable bonds is 10. The topological polar surface area (TPSA) is 80.0 Å². The molecule has 0 saturated heterocycles. The summed E-state index contributed by atoms with van der Waals surface area (Å²) in [5.74, 6) is 1.87. The highest BCUT2D eigenvalue weighted by Crippen LogP contribution is 2.49. The van der Waals surface area contributed by atoms with Crippen LogP contribution in [0.4, 0.5) is 5.69 Å². The van der Waals surface area contributed by atoms with Crippen LogP contribution >= 0.6 is 46.6 Å². The first-order chi connectivity index (χ1) is 22.5. The summed E-state index contributed by atoms with van der Waals surface area (Å²) >= 11 is 7.09. The first kappa shape index (κ1) is 37.0. The van der Waals surface area contributed by atoms with Gasteiger partial charge in [0.1, 0.15) is 22.7 Å². The molecule has 0 fully saturated rings. The second-order valence-electron chi connectivity index (χ2n) is 10.4. The molecular weight excluding hydrogens is 689 g/mol. The number of allylic oxidation sites excluding steroid dienone is 4. The zero-order valence-electron chi connectivity index (χ0n) is 27.9. The lowest BCUT2D eigenvalue weighted by molar-refractivity contribution is -0.665. The summed E-state index contributed by atoms with van der Waals surface area (Å²) in [6.45, 7) is 10.2. The lowest BCUT2D eigenvalue weighted by Gasteiger charge is -2.18. The van der Waals surface area contributed by atoms with E-state index in [-0.39, 0.29) is 4.90 Å². The van der Waals surface area contributed by atoms with Crippen LogP contribution in [0.1, 0.15) is 31.3 Å². The van der Waals surface area contributed by atoms with E-state index in [4.69, 9.17) is 14.0 Å². The molecule has 2 heterocycles. The fourth-order valence-corrected chi connectivity index (χ4v) is 9.02. The number of thioether (sulfide) groups is 3. The van der Waals surface area contributed by atoms with Gasteiger partial charge in [-0.15, -0.1) is 23.5 Å². The Morgan fingerprint density at radius 2 is 1.64 bits per heavy atom. The van der Waals surface area contributed by atoms with Crippen molar-refractivity contribution in [3.05, 3.63) is 87.9 Å². The van der Waals surface area contributed by atoms with Crippen molar-refractivity contribution in [3.8, 4) is 11.5 Å². The van der Waals surface area contributed by atoms with Gasteiger partial charge in [-0.25, -0.2) is 0 Å². The maximum absolute atomic E-state index is 10.5. The van der Waals surface area contributed by atoms with Crippen LogP contribution in [0.5, 0.6) is 11.5 Å². The van der Waals surface area contributed by atoms with E-state index in [2.05, 4.69) is 91.3 Å². The monoisotopic (exact) mass is 729 g/mol. The van der Waals surface area contributed by atoms with Gasteiger partial charge in [-0.2, -0.15) is 13.0 Å². The molecule has 3 aromatic carbocycles. The maximum Gasteiger partial charge on any atom is 0.294 e. The van der Waals surface area contributed by atoms with Crippen LogP contribution in [-0.4, -0.2) is 46.2 Å². The van der Waals surface area contributed by atoms with Crippen molar-refractivity contribution < 1.29 is 27.0 Å². The summed E-state index contributed by atoms with van der Waals surface area (Å²) in [5.41, 5.74) is 4.61. The van der Waals surface area contributed by atoms with Gasteiger partial charge in [-0.1, -0.05) is 58.5 Å². The number of anilines is 1. The fraction of sp³-hybridized carbons (Fsp3) is 0.286. The Morgan fingerprint density at radius 1 is 1.00 bits per heavy atom. The normalized spacial score (nSPS) is 14.1. The minimum atomic E-state index is -4.02. The first-order valence-electron chi connectivity index (χ1n) is 14.9. The summed E-state index contributed by atoms with van der Waals surface area (Å²) in [7, 11) is -0.535. The average Bonchev–Trinajstić information content (AvgIpc) is 3.60. The van der Waals surface area contributed by atoms with E-state index < -0.39 is 10.1 Å². The van der Waals surface area contributed by atoms with Crippen molar-refractivity contribution in [2.75, 3.05) is 38.2 Å². The average molecular weight is 730 g/mol.